The highest BCUT2D eigenvalue weighted by Gasteiger charge is 2.20. The van der Waals surface area contributed by atoms with Gasteiger partial charge in [-0.2, -0.15) is 0 Å². The zero-order chi connectivity index (χ0) is 34.2. The molecule has 8 aromatic carbocycles. The molecule has 0 aliphatic heterocycles. The van der Waals surface area contributed by atoms with Crippen LogP contribution in [0.5, 0.6) is 0 Å². The molecule has 0 fully saturated rings. The van der Waals surface area contributed by atoms with Crippen LogP contribution in [0.25, 0.3) is 105 Å². The number of fused-ring (bicyclic) bond motifs is 9. The predicted molar refractivity (Wildman–Crippen MR) is 213 cm³/mol. The van der Waals surface area contributed by atoms with Crippen molar-refractivity contribution in [3.8, 4) is 39.9 Å². The number of hydrogen-bond acceptors (Lipinski definition) is 4. The molecule has 5 nitrogen and oxygen atoms in total. The van der Waals surface area contributed by atoms with E-state index >= 15 is 0 Å². The first kappa shape index (κ1) is 28.7. The van der Waals surface area contributed by atoms with Gasteiger partial charge in [0.05, 0.1) is 16.6 Å². The topological polar surface area (TPSA) is 56.7 Å². The molecule has 3 heterocycles. The highest BCUT2D eigenvalue weighted by molar-refractivity contribution is 6.21. The lowest BCUT2D eigenvalue weighted by atomic mass is 10.0. The van der Waals surface area contributed by atoms with Crippen molar-refractivity contribution in [2.24, 2.45) is 0 Å². The maximum atomic E-state index is 6.75. The zero-order valence-corrected chi connectivity index (χ0v) is 27.9. The molecule has 0 saturated carbocycles. The number of benzene rings is 8. The van der Waals surface area contributed by atoms with Crippen LogP contribution in [-0.2, 0) is 0 Å². The summed E-state index contributed by atoms with van der Waals surface area (Å²) in [6, 6.07) is 59.2. The van der Waals surface area contributed by atoms with Gasteiger partial charge in [-0.25, -0.2) is 15.0 Å². The lowest BCUT2D eigenvalue weighted by molar-refractivity contribution is 0.670. The van der Waals surface area contributed by atoms with Crippen LogP contribution in [0.4, 0.5) is 0 Å². The van der Waals surface area contributed by atoms with Gasteiger partial charge in [-0.05, 0) is 64.0 Å². The van der Waals surface area contributed by atoms with E-state index in [1.165, 1.54) is 32.6 Å². The third-order valence-corrected chi connectivity index (χ3v) is 10.2. The molecular weight excluding hydrogens is 637 g/mol. The quantitative estimate of drug-likeness (QED) is 0.188. The van der Waals surface area contributed by atoms with E-state index in [0.717, 1.165) is 55.1 Å². The highest BCUT2D eigenvalue weighted by atomic mass is 16.3. The summed E-state index contributed by atoms with van der Waals surface area (Å²) in [7, 11) is 0. The van der Waals surface area contributed by atoms with E-state index in [9.17, 15) is 0 Å². The number of rotatable bonds is 4. The number of para-hydroxylation sites is 2. The van der Waals surface area contributed by atoms with Crippen molar-refractivity contribution in [2.75, 3.05) is 0 Å². The van der Waals surface area contributed by atoms with Gasteiger partial charge in [-0.1, -0.05) is 127 Å². The van der Waals surface area contributed by atoms with Crippen molar-refractivity contribution in [3.05, 3.63) is 170 Å². The summed E-state index contributed by atoms with van der Waals surface area (Å²) >= 11 is 0. The summed E-state index contributed by atoms with van der Waals surface area (Å²) in [5.74, 6) is 1.80. The summed E-state index contributed by atoms with van der Waals surface area (Å²) in [5, 5.41) is 9.31. The smallest absolute Gasteiger partial charge is 0.167 e. The second kappa shape index (κ2) is 11.2. The molecule has 0 saturated heterocycles. The Kier molecular flexibility index (Phi) is 6.18. The van der Waals surface area contributed by atoms with Gasteiger partial charge < -0.3 is 8.98 Å². The second-order valence-electron chi connectivity index (χ2n) is 13.2. The molecule has 0 unspecified atom stereocenters. The molecule has 0 bridgehead atoms. The maximum absolute atomic E-state index is 6.75. The van der Waals surface area contributed by atoms with Crippen LogP contribution in [0, 0.1) is 0 Å². The van der Waals surface area contributed by atoms with Gasteiger partial charge in [-0.3, -0.25) is 0 Å². The second-order valence-corrected chi connectivity index (χ2v) is 13.2. The van der Waals surface area contributed by atoms with Gasteiger partial charge in [0.1, 0.15) is 11.2 Å². The molecule has 3 aromatic heterocycles. The summed E-state index contributed by atoms with van der Waals surface area (Å²) in [6.07, 6.45) is 0. The van der Waals surface area contributed by atoms with Crippen LogP contribution < -0.4 is 0 Å². The molecule has 0 atom stereocenters. The Morgan fingerprint density at radius 3 is 1.81 bits per heavy atom. The average Bonchev–Trinajstić information content (AvgIpc) is 3.76. The summed E-state index contributed by atoms with van der Waals surface area (Å²) < 4.78 is 9.14. The zero-order valence-electron chi connectivity index (χ0n) is 27.9. The van der Waals surface area contributed by atoms with Gasteiger partial charge in [0, 0.05) is 38.4 Å². The van der Waals surface area contributed by atoms with E-state index in [1.807, 2.05) is 66.7 Å². The molecule has 11 aromatic rings. The maximum Gasteiger partial charge on any atom is 0.167 e. The van der Waals surface area contributed by atoms with E-state index in [-0.39, 0.29) is 0 Å². The highest BCUT2D eigenvalue weighted by Crippen LogP contribution is 2.41. The normalized spacial score (nSPS) is 11.8. The predicted octanol–water partition coefficient (Wildman–Crippen LogP) is 12.2. The molecule has 5 heteroatoms. The Morgan fingerprint density at radius 2 is 1.04 bits per heavy atom. The SMILES string of the molecule is c1ccc(-c2nc(-c3ccccc3)nc(-c3cccc4c3oc3ccc5ccc(-n6c7ccccc7c7cc8ccccc8cc76)cc5c34)n2)cc1. The molecule has 0 N–H and O–H groups in total. The van der Waals surface area contributed by atoms with Gasteiger partial charge >= 0.3 is 0 Å². The minimum Gasteiger partial charge on any atom is -0.455 e. The molecule has 0 radical (unpaired) electrons. The number of aromatic nitrogens is 4. The average molecular weight is 665 g/mol. The first-order valence-corrected chi connectivity index (χ1v) is 17.4. The Balaban J connectivity index is 1.15. The van der Waals surface area contributed by atoms with Gasteiger partial charge in [0.15, 0.2) is 17.5 Å². The Hall–Kier alpha value is -7.11. The van der Waals surface area contributed by atoms with Crippen LogP contribution in [0.15, 0.2) is 174 Å². The Morgan fingerprint density at radius 1 is 0.404 bits per heavy atom. The fourth-order valence-corrected chi connectivity index (χ4v) is 7.78. The van der Waals surface area contributed by atoms with Crippen molar-refractivity contribution in [2.45, 2.75) is 0 Å². The summed E-state index contributed by atoms with van der Waals surface area (Å²) in [6.45, 7) is 0. The lowest BCUT2D eigenvalue weighted by Crippen LogP contribution is -2.00. The monoisotopic (exact) mass is 664 g/mol. The Bertz CT molecular complexity index is 3120. The molecule has 11 rings (SSSR count). The standard InChI is InChI=1S/C47H28N4O/c1-3-12-30(13-4-1)45-48-46(31-14-5-2-6-15-31)50-47(49-45)37-20-11-19-36-43-38-28-34(24-22-29(38)23-25-42(43)52-44(36)37)51-40-21-10-9-18-35(40)39-26-32-16-7-8-17-33(32)27-41(39)51/h1-28H. The van der Waals surface area contributed by atoms with E-state index < -0.39 is 0 Å². The number of nitrogens with zero attached hydrogens (tertiary/aromatic N) is 4. The third-order valence-electron chi connectivity index (χ3n) is 10.2. The largest absolute Gasteiger partial charge is 0.455 e. The fourth-order valence-electron chi connectivity index (χ4n) is 7.78. The van der Waals surface area contributed by atoms with Crippen molar-refractivity contribution in [3.63, 3.8) is 0 Å². The van der Waals surface area contributed by atoms with Crippen LogP contribution in [-0.4, -0.2) is 19.5 Å². The fraction of sp³-hybridized carbons (Fsp3) is 0. The molecule has 0 amide bonds. The molecular formula is C47H28N4O. The first-order chi connectivity index (χ1) is 25.8. The first-order valence-electron chi connectivity index (χ1n) is 17.4. The van der Waals surface area contributed by atoms with Crippen molar-refractivity contribution >= 4 is 65.3 Å². The van der Waals surface area contributed by atoms with E-state index in [1.54, 1.807) is 0 Å². The minimum absolute atomic E-state index is 0.569. The third kappa shape index (κ3) is 4.39. The van der Waals surface area contributed by atoms with E-state index in [4.69, 9.17) is 19.4 Å². The van der Waals surface area contributed by atoms with Gasteiger partial charge in [0.25, 0.3) is 0 Å². The van der Waals surface area contributed by atoms with Crippen LogP contribution in [0.2, 0.25) is 0 Å². The molecule has 0 spiro atoms. The van der Waals surface area contributed by atoms with Crippen molar-refractivity contribution in [1.29, 1.82) is 0 Å². The lowest BCUT2D eigenvalue weighted by Gasteiger charge is -2.10. The van der Waals surface area contributed by atoms with Crippen LogP contribution in [0.3, 0.4) is 0 Å². The number of furan rings is 1. The summed E-state index contributed by atoms with van der Waals surface area (Å²) in [4.78, 5) is 14.9. The molecule has 52 heavy (non-hydrogen) atoms. The van der Waals surface area contributed by atoms with Crippen molar-refractivity contribution < 1.29 is 4.42 Å². The Labute approximate surface area is 298 Å². The van der Waals surface area contributed by atoms with Crippen LogP contribution >= 0.6 is 0 Å². The van der Waals surface area contributed by atoms with Crippen LogP contribution in [0.1, 0.15) is 0 Å². The molecule has 0 aliphatic rings. The summed E-state index contributed by atoms with van der Waals surface area (Å²) in [5.41, 5.74) is 7.71. The van der Waals surface area contributed by atoms with E-state index in [0.29, 0.717) is 17.5 Å². The number of hydrogen-bond donors (Lipinski definition) is 0. The van der Waals surface area contributed by atoms with Gasteiger partial charge in [0.2, 0.25) is 0 Å². The molecule has 0 aliphatic carbocycles. The van der Waals surface area contributed by atoms with E-state index in [2.05, 4.69) is 108 Å². The van der Waals surface area contributed by atoms with Gasteiger partial charge in [-0.15, -0.1) is 0 Å². The van der Waals surface area contributed by atoms with Crippen molar-refractivity contribution in [1.82, 2.24) is 19.5 Å². The molecule has 242 valence electrons. The minimum atomic E-state index is 0.569.